The van der Waals surface area contributed by atoms with E-state index in [9.17, 15) is 9.90 Å². The zero-order valence-electron chi connectivity index (χ0n) is 11.9. The summed E-state index contributed by atoms with van der Waals surface area (Å²) in [6, 6.07) is 0.508. The molecule has 1 fully saturated rings. The Morgan fingerprint density at radius 2 is 2.28 bits per heavy atom. The van der Waals surface area contributed by atoms with Crippen LogP contribution < -0.4 is 5.32 Å². The zero-order valence-corrected chi connectivity index (χ0v) is 11.9. The Kier molecular flexibility index (Phi) is 5.56. The SMILES string of the molecule is CCC(C)(NCC1CN(C(C)C)CCO1)C(=O)O. The number of rotatable bonds is 6. The summed E-state index contributed by atoms with van der Waals surface area (Å²) in [5.41, 5.74) is -0.858. The number of aliphatic carboxylic acids is 1. The normalized spacial score (nSPS) is 25.1. The highest BCUT2D eigenvalue weighted by molar-refractivity contribution is 5.78. The van der Waals surface area contributed by atoms with Gasteiger partial charge in [0.25, 0.3) is 0 Å². The van der Waals surface area contributed by atoms with Crippen molar-refractivity contribution in [2.45, 2.75) is 51.8 Å². The molecule has 2 N–H and O–H groups in total. The van der Waals surface area contributed by atoms with E-state index < -0.39 is 11.5 Å². The molecule has 1 rings (SSSR count). The summed E-state index contributed by atoms with van der Waals surface area (Å²) in [4.78, 5) is 13.5. The number of nitrogens with zero attached hydrogens (tertiary/aromatic N) is 1. The molecule has 5 nitrogen and oxygen atoms in total. The van der Waals surface area contributed by atoms with Crippen LogP contribution in [0.1, 0.15) is 34.1 Å². The van der Waals surface area contributed by atoms with E-state index in [0.29, 0.717) is 19.0 Å². The molecule has 0 spiro atoms. The van der Waals surface area contributed by atoms with Crippen molar-refractivity contribution in [3.8, 4) is 0 Å². The Hall–Kier alpha value is -0.650. The number of carbonyl (C=O) groups is 1. The van der Waals surface area contributed by atoms with Gasteiger partial charge in [-0.2, -0.15) is 0 Å². The highest BCUT2D eigenvalue weighted by Crippen LogP contribution is 2.12. The minimum absolute atomic E-state index is 0.0753. The van der Waals surface area contributed by atoms with Crippen LogP contribution in [0, 0.1) is 0 Å². The summed E-state index contributed by atoms with van der Waals surface area (Å²) in [6.45, 7) is 11.1. The van der Waals surface area contributed by atoms with E-state index in [1.54, 1.807) is 6.92 Å². The van der Waals surface area contributed by atoms with Crippen LogP contribution in [0.15, 0.2) is 0 Å². The third-order valence-electron chi connectivity index (χ3n) is 3.80. The molecule has 0 amide bonds. The summed E-state index contributed by atoms with van der Waals surface area (Å²) in [6.07, 6.45) is 0.634. The van der Waals surface area contributed by atoms with Gasteiger partial charge in [0.1, 0.15) is 5.54 Å². The number of hydrogen-bond acceptors (Lipinski definition) is 4. The molecule has 1 aliphatic heterocycles. The van der Waals surface area contributed by atoms with Crippen LogP contribution in [-0.2, 0) is 9.53 Å². The fourth-order valence-electron chi connectivity index (χ4n) is 2.03. The van der Waals surface area contributed by atoms with Gasteiger partial charge in [0.05, 0.1) is 12.7 Å². The van der Waals surface area contributed by atoms with Crippen LogP contribution in [-0.4, -0.2) is 59.9 Å². The van der Waals surface area contributed by atoms with E-state index in [4.69, 9.17) is 4.74 Å². The first kappa shape index (κ1) is 15.4. The molecule has 1 heterocycles. The maximum Gasteiger partial charge on any atom is 0.323 e. The molecule has 0 aromatic carbocycles. The molecule has 0 aliphatic carbocycles. The Balaban J connectivity index is 2.45. The average molecular weight is 258 g/mol. The van der Waals surface area contributed by atoms with Gasteiger partial charge in [-0.3, -0.25) is 15.0 Å². The summed E-state index contributed by atoms with van der Waals surface area (Å²) in [5, 5.41) is 12.3. The van der Waals surface area contributed by atoms with E-state index in [0.717, 1.165) is 19.7 Å². The lowest BCUT2D eigenvalue weighted by Gasteiger charge is -2.37. The molecule has 1 saturated heterocycles. The highest BCUT2D eigenvalue weighted by atomic mass is 16.5. The smallest absolute Gasteiger partial charge is 0.323 e. The second kappa shape index (κ2) is 6.50. The van der Waals surface area contributed by atoms with Gasteiger partial charge in [-0.05, 0) is 27.2 Å². The summed E-state index contributed by atoms with van der Waals surface area (Å²) >= 11 is 0. The van der Waals surface area contributed by atoms with Crippen molar-refractivity contribution in [1.29, 1.82) is 0 Å². The predicted molar refractivity (Wildman–Crippen MR) is 70.8 cm³/mol. The molecule has 1 aliphatic rings. The van der Waals surface area contributed by atoms with E-state index in [1.165, 1.54) is 0 Å². The molecule has 0 saturated carbocycles. The molecular weight excluding hydrogens is 232 g/mol. The highest BCUT2D eigenvalue weighted by Gasteiger charge is 2.32. The molecule has 2 unspecified atom stereocenters. The van der Waals surface area contributed by atoms with E-state index in [1.807, 2.05) is 6.92 Å². The Morgan fingerprint density at radius 3 is 2.78 bits per heavy atom. The molecule has 0 bridgehead atoms. The maximum atomic E-state index is 11.2. The molecular formula is C13H26N2O3. The summed E-state index contributed by atoms with van der Waals surface area (Å²) < 4.78 is 5.68. The van der Waals surface area contributed by atoms with Crippen molar-refractivity contribution >= 4 is 5.97 Å². The maximum absolute atomic E-state index is 11.2. The van der Waals surface area contributed by atoms with Crippen LogP contribution in [0.2, 0.25) is 0 Å². The topological polar surface area (TPSA) is 61.8 Å². The number of nitrogens with one attached hydrogen (secondary N) is 1. The summed E-state index contributed by atoms with van der Waals surface area (Å²) in [5.74, 6) is -0.804. The van der Waals surface area contributed by atoms with Gasteiger partial charge in [0, 0.05) is 25.7 Å². The van der Waals surface area contributed by atoms with Crippen molar-refractivity contribution < 1.29 is 14.6 Å². The lowest BCUT2D eigenvalue weighted by molar-refractivity contribution is -0.144. The van der Waals surface area contributed by atoms with Crippen molar-refractivity contribution in [3.63, 3.8) is 0 Å². The predicted octanol–water partition coefficient (Wildman–Crippen LogP) is 0.939. The molecule has 0 aromatic heterocycles. The van der Waals surface area contributed by atoms with Crippen molar-refractivity contribution in [3.05, 3.63) is 0 Å². The number of morpholine rings is 1. The molecule has 0 aromatic rings. The first-order valence-corrected chi connectivity index (χ1v) is 6.73. The minimum atomic E-state index is -0.858. The lowest BCUT2D eigenvalue weighted by Crippen LogP contribution is -2.55. The van der Waals surface area contributed by atoms with Gasteiger partial charge in [0.2, 0.25) is 0 Å². The first-order valence-electron chi connectivity index (χ1n) is 6.73. The van der Waals surface area contributed by atoms with Gasteiger partial charge in [-0.15, -0.1) is 0 Å². The van der Waals surface area contributed by atoms with Gasteiger partial charge in [0.15, 0.2) is 0 Å². The monoisotopic (exact) mass is 258 g/mol. The van der Waals surface area contributed by atoms with Crippen LogP contribution in [0.25, 0.3) is 0 Å². The van der Waals surface area contributed by atoms with Crippen LogP contribution >= 0.6 is 0 Å². The molecule has 106 valence electrons. The van der Waals surface area contributed by atoms with E-state index in [2.05, 4.69) is 24.1 Å². The molecule has 2 atom stereocenters. The average Bonchev–Trinajstić information content (AvgIpc) is 2.36. The van der Waals surface area contributed by atoms with Gasteiger partial charge < -0.3 is 9.84 Å². The number of hydrogen-bond donors (Lipinski definition) is 2. The van der Waals surface area contributed by atoms with E-state index in [-0.39, 0.29) is 6.10 Å². The zero-order chi connectivity index (χ0) is 13.8. The van der Waals surface area contributed by atoms with Crippen LogP contribution in [0.5, 0.6) is 0 Å². The second-order valence-electron chi connectivity index (χ2n) is 5.45. The summed E-state index contributed by atoms with van der Waals surface area (Å²) in [7, 11) is 0. The van der Waals surface area contributed by atoms with Crippen molar-refractivity contribution in [1.82, 2.24) is 10.2 Å². The lowest BCUT2D eigenvalue weighted by atomic mass is 9.99. The van der Waals surface area contributed by atoms with Crippen molar-refractivity contribution in [2.75, 3.05) is 26.2 Å². The van der Waals surface area contributed by atoms with Gasteiger partial charge >= 0.3 is 5.97 Å². The molecule has 18 heavy (non-hydrogen) atoms. The van der Waals surface area contributed by atoms with Crippen LogP contribution in [0.3, 0.4) is 0 Å². The van der Waals surface area contributed by atoms with Crippen molar-refractivity contribution in [2.24, 2.45) is 0 Å². The Bertz CT molecular complexity index is 283. The number of ether oxygens (including phenoxy) is 1. The largest absolute Gasteiger partial charge is 0.480 e. The Morgan fingerprint density at radius 1 is 1.61 bits per heavy atom. The van der Waals surface area contributed by atoms with Crippen LogP contribution in [0.4, 0.5) is 0 Å². The second-order valence-corrected chi connectivity index (χ2v) is 5.45. The number of carboxylic acid groups (broad SMARTS) is 1. The van der Waals surface area contributed by atoms with Gasteiger partial charge in [-0.25, -0.2) is 0 Å². The van der Waals surface area contributed by atoms with Gasteiger partial charge in [-0.1, -0.05) is 6.92 Å². The first-order chi connectivity index (χ1) is 8.39. The number of carboxylic acids is 1. The van der Waals surface area contributed by atoms with E-state index >= 15 is 0 Å². The fourth-order valence-corrected chi connectivity index (χ4v) is 2.03. The third-order valence-corrected chi connectivity index (χ3v) is 3.80. The molecule has 5 heteroatoms. The standard InChI is InChI=1S/C13H26N2O3/c1-5-13(4,12(16)17)14-8-11-9-15(10(2)3)6-7-18-11/h10-11,14H,5-9H2,1-4H3,(H,16,17). The molecule has 0 radical (unpaired) electrons. The Labute approximate surface area is 109 Å². The quantitative estimate of drug-likeness (QED) is 0.742. The fraction of sp³-hybridized carbons (Fsp3) is 0.923. The minimum Gasteiger partial charge on any atom is -0.480 e. The third kappa shape index (κ3) is 3.93.